The minimum absolute atomic E-state index is 0.0451. The first-order valence-electron chi connectivity index (χ1n) is 4.00. The van der Waals surface area contributed by atoms with Crippen LogP contribution >= 0.6 is 0 Å². The first-order chi connectivity index (χ1) is 6.57. The lowest BCUT2D eigenvalue weighted by atomic mass is 10.2. The highest BCUT2D eigenvalue weighted by molar-refractivity contribution is 5.72. The topological polar surface area (TPSA) is 95.9 Å². The predicted octanol–water partition coefficient (Wildman–Crippen LogP) is -0.266. The zero-order chi connectivity index (χ0) is 11.0. The molecule has 0 aliphatic rings. The Bertz CT molecular complexity index is 216. The van der Waals surface area contributed by atoms with Crippen LogP contribution in [0.4, 0.5) is 4.79 Å². The van der Waals surface area contributed by atoms with E-state index in [0.29, 0.717) is 0 Å². The average molecular weight is 203 g/mol. The molecule has 1 unspecified atom stereocenters. The molecule has 0 bridgehead atoms. The summed E-state index contributed by atoms with van der Waals surface area (Å²) in [7, 11) is 0. The Kier molecular flexibility index (Phi) is 6.13. The monoisotopic (exact) mass is 203 g/mol. The highest BCUT2D eigenvalue weighted by Gasteiger charge is 2.12. The Balaban J connectivity index is 3.48. The summed E-state index contributed by atoms with van der Waals surface area (Å²) in [6.45, 7) is 3.48. The number of rotatable bonds is 6. The number of carboxylic acids is 1. The van der Waals surface area contributed by atoms with Crippen molar-refractivity contribution < 1.29 is 24.5 Å². The molecule has 1 atom stereocenters. The summed E-state index contributed by atoms with van der Waals surface area (Å²) in [6, 6.07) is 0. The molecule has 0 saturated heterocycles. The van der Waals surface area contributed by atoms with Crippen LogP contribution in [0.25, 0.3) is 0 Å². The van der Waals surface area contributed by atoms with E-state index in [2.05, 4.69) is 16.6 Å². The molecule has 0 fully saturated rings. The number of hydrogen-bond acceptors (Lipinski definition) is 4. The van der Waals surface area contributed by atoms with Gasteiger partial charge in [-0.05, 0) is 0 Å². The van der Waals surface area contributed by atoms with Crippen LogP contribution in [0, 0.1) is 0 Å². The molecule has 0 aliphatic carbocycles. The number of carbonyl (C=O) groups is 2. The third kappa shape index (κ3) is 6.01. The van der Waals surface area contributed by atoms with Gasteiger partial charge in [0.1, 0.15) is 6.61 Å². The smallest absolute Gasteiger partial charge is 0.407 e. The van der Waals surface area contributed by atoms with E-state index in [0.717, 1.165) is 0 Å². The van der Waals surface area contributed by atoms with Gasteiger partial charge in [-0.15, -0.1) is 0 Å². The highest BCUT2D eigenvalue weighted by Crippen LogP contribution is 1.89. The fourth-order valence-corrected chi connectivity index (χ4v) is 0.620. The van der Waals surface area contributed by atoms with Gasteiger partial charge < -0.3 is 20.3 Å². The van der Waals surface area contributed by atoms with Gasteiger partial charge in [0.2, 0.25) is 0 Å². The van der Waals surface area contributed by atoms with Crippen LogP contribution in [-0.2, 0) is 9.53 Å². The van der Waals surface area contributed by atoms with Gasteiger partial charge in [-0.3, -0.25) is 0 Å². The zero-order valence-electron chi connectivity index (χ0n) is 7.60. The maximum absolute atomic E-state index is 10.7. The van der Waals surface area contributed by atoms with E-state index in [1.807, 2.05) is 0 Å². The molecule has 0 aromatic rings. The molecule has 80 valence electrons. The normalized spacial score (nSPS) is 11.5. The summed E-state index contributed by atoms with van der Waals surface area (Å²) >= 11 is 0. The first-order valence-corrected chi connectivity index (χ1v) is 4.00. The molecule has 0 spiro atoms. The number of aliphatic carboxylic acids is 1. The van der Waals surface area contributed by atoms with Crippen molar-refractivity contribution in [2.45, 2.75) is 12.5 Å². The Labute approximate surface area is 81.2 Å². The molecule has 0 aromatic carbocycles. The maximum atomic E-state index is 10.7. The van der Waals surface area contributed by atoms with Gasteiger partial charge >= 0.3 is 12.1 Å². The van der Waals surface area contributed by atoms with E-state index < -0.39 is 18.2 Å². The van der Waals surface area contributed by atoms with E-state index in [4.69, 9.17) is 10.2 Å². The Morgan fingerprint density at radius 1 is 1.57 bits per heavy atom. The lowest BCUT2D eigenvalue weighted by Gasteiger charge is -2.06. The van der Waals surface area contributed by atoms with Crippen molar-refractivity contribution in [3.05, 3.63) is 12.7 Å². The number of alkyl carbamates (subject to hydrolysis) is 1. The van der Waals surface area contributed by atoms with Crippen molar-refractivity contribution in [3.63, 3.8) is 0 Å². The maximum Gasteiger partial charge on any atom is 0.407 e. The van der Waals surface area contributed by atoms with Crippen LogP contribution in [0.5, 0.6) is 0 Å². The van der Waals surface area contributed by atoms with E-state index in [-0.39, 0.29) is 19.6 Å². The molecule has 1 amide bonds. The molecule has 0 aliphatic heterocycles. The summed E-state index contributed by atoms with van der Waals surface area (Å²) in [5.41, 5.74) is 0. The molecule has 0 heterocycles. The average Bonchev–Trinajstić information content (AvgIpc) is 2.14. The molecule has 14 heavy (non-hydrogen) atoms. The minimum atomic E-state index is -1.46. The molecule has 0 saturated carbocycles. The second kappa shape index (κ2) is 6.90. The van der Waals surface area contributed by atoms with Gasteiger partial charge in [0.05, 0.1) is 0 Å². The van der Waals surface area contributed by atoms with Crippen molar-refractivity contribution in [1.29, 1.82) is 0 Å². The lowest BCUT2D eigenvalue weighted by Crippen LogP contribution is -2.30. The summed E-state index contributed by atoms with van der Waals surface area (Å²) in [4.78, 5) is 20.9. The minimum Gasteiger partial charge on any atom is -0.479 e. The first kappa shape index (κ1) is 12.4. The molecular weight excluding hydrogens is 190 g/mol. The molecule has 0 radical (unpaired) electrons. The lowest BCUT2D eigenvalue weighted by molar-refractivity contribution is -0.146. The van der Waals surface area contributed by atoms with Gasteiger partial charge in [0.25, 0.3) is 0 Å². The van der Waals surface area contributed by atoms with Crippen LogP contribution in [0.15, 0.2) is 12.7 Å². The van der Waals surface area contributed by atoms with Gasteiger partial charge in [-0.2, -0.15) is 0 Å². The number of aliphatic hydroxyl groups is 1. The van der Waals surface area contributed by atoms with Crippen molar-refractivity contribution in [3.8, 4) is 0 Å². The van der Waals surface area contributed by atoms with E-state index in [9.17, 15) is 9.59 Å². The van der Waals surface area contributed by atoms with E-state index in [1.54, 1.807) is 0 Å². The van der Waals surface area contributed by atoms with Gasteiger partial charge in [-0.1, -0.05) is 12.7 Å². The number of hydrogen-bond donors (Lipinski definition) is 3. The summed E-state index contributed by atoms with van der Waals surface area (Å²) < 4.78 is 4.54. The van der Waals surface area contributed by atoms with Crippen molar-refractivity contribution in [1.82, 2.24) is 5.32 Å². The fraction of sp³-hybridized carbons (Fsp3) is 0.500. The van der Waals surface area contributed by atoms with Crippen molar-refractivity contribution >= 4 is 12.1 Å². The van der Waals surface area contributed by atoms with Gasteiger partial charge in [0.15, 0.2) is 6.10 Å². The SMILES string of the molecule is C=CCOC(=O)NCCC(O)C(=O)O. The standard InChI is InChI=1S/C8H13NO5/c1-2-5-14-8(13)9-4-3-6(10)7(11)12/h2,6,10H,1,3-5H2,(H,9,13)(H,11,12). The second-order valence-electron chi connectivity index (χ2n) is 2.46. The Morgan fingerprint density at radius 2 is 2.21 bits per heavy atom. The van der Waals surface area contributed by atoms with E-state index in [1.165, 1.54) is 6.08 Å². The number of ether oxygens (including phenoxy) is 1. The molecule has 0 rings (SSSR count). The Hall–Kier alpha value is -1.56. The van der Waals surface area contributed by atoms with Crippen LogP contribution in [0.3, 0.4) is 0 Å². The predicted molar refractivity (Wildman–Crippen MR) is 47.8 cm³/mol. The second-order valence-corrected chi connectivity index (χ2v) is 2.46. The zero-order valence-corrected chi connectivity index (χ0v) is 7.60. The summed E-state index contributed by atoms with van der Waals surface area (Å²) in [5, 5.41) is 19.4. The van der Waals surface area contributed by atoms with Crippen LogP contribution in [0.2, 0.25) is 0 Å². The summed E-state index contributed by atoms with van der Waals surface area (Å²) in [6.07, 6.45) is -0.776. The highest BCUT2D eigenvalue weighted by atomic mass is 16.5. The number of nitrogens with one attached hydrogen (secondary N) is 1. The number of carboxylic acid groups (broad SMARTS) is 1. The molecule has 6 nitrogen and oxygen atoms in total. The largest absolute Gasteiger partial charge is 0.479 e. The van der Waals surface area contributed by atoms with Crippen LogP contribution in [-0.4, -0.2) is 41.5 Å². The third-order valence-electron chi connectivity index (χ3n) is 1.30. The quantitative estimate of drug-likeness (QED) is 0.516. The van der Waals surface area contributed by atoms with Crippen LogP contribution in [0.1, 0.15) is 6.42 Å². The van der Waals surface area contributed by atoms with Gasteiger partial charge in [-0.25, -0.2) is 9.59 Å². The Morgan fingerprint density at radius 3 is 2.71 bits per heavy atom. The number of aliphatic hydroxyl groups excluding tert-OH is 1. The van der Waals surface area contributed by atoms with Gasteiger partial charge in [0, 0.05) is 13.0 Å². The summed E-state index contributed by atoms with van der Waals surface area (Å²) in [5.74, 6) is -1.31. The molecule has 0 aromatic heterocycles. The molecule has 6 heteroatoms. The van der Waals surface area contributed by atoms with Crippen LogP contribution < -0.4 is 5.32 Å². The fourth-order valence-electron chi connectivity index (χ4n) is 0.620. The van der Waals surface area contributed by atoms with Crippen molar-refractivity contribution in [2.75, 3.05) is 13.2 Å². The third-order valence-corrected chi connectivity index (χ3v) is 1.30. The number of amides is 1. The molecule has 3 N–H and O–H groups in total. The van der Waals surface area contributed by atoms with Crippen molar-refractivity contribution in [2.24, 2.45) is 0 Å². The van der Waals surface area contributed by atoms with E-state index >= 15 is 0 Å². The number of carbonyl (C=O) groups excluding carboxylic acids is 1. The molecular formula is C8H13NO5.